The van der Waals surface area contributed by atoms with Crippen molar-refractivity contribution in [1.82, 2.24) is 9.97 Å². The van der Waals surface area contributed by atoms with Gasteiger partial charge in [-0.25, -0.2) is 18.1 Å². The van der Waals surface area contributed by atoms with Crippen molar-refractivity contribution >= 4 is 27.6 Å². The van der Waals surface area contributed by atoms with Crippen LogP contribution in [0.4, 0.5) is 5.95 Å². The lowest BCUT2D eigenvalue weighted by molar-refractivity contribution is 0.600. The minimum Gasteiger partial charge on any atom is -0.330 e. The molecule has 0 amide bonds. The molecule has 2 aromatic rings. The summed E-state index contributed by atoms with van der Waals surface area (Å²) < 4.78 is 26.4. The molecule has 0 aliphatic carbocycles. The second-order valence-electron chi connectivity index (χ2n) is 3.41. The first kappa shape index (κ1) is 11.9. The van der Waals surface area contributed by atoms with Crippen LogP contribution >= 0.6 is 11.6 Å². The summed E-state index contributed by atoms with van der Waals surface area (Å²) in [7, 11) is -3.66. The van der Waals surface area contributed by atoms with Gasteiger partial charge in [0, 0.05) is 17.4 Å². The van der Waals surface area contributed by atoms with Gasteiger partial charge in [0.2, 0.25) is 5.95 Å². The van der Waals surface area contributed by atoms with E-state index in [0.29, 0.717) is 10.6 Å². The van der Waals surface area contributed by atoms with Gasteiger partial charge in [-0.15, -0.1) is 0 Å². The van der Waals surface area contributed by atoms with Gasteiger partial charge >= 0.3 is 0 Å². The Morgan fingerprint density at radius 3 is 2.82 bits per heavy atom. The van der Waals surface area contributed by atoms with Crippen molar-refractivity contribution in [3.63, 3.8) is 0 Å². The van der Waals surface area contributed by atoms with Crippen LogP contribution in [0.15, 0.2) is 35.5 Å². The number of sulfonamides is 1. The quantitative estimate of drug-likeness (QED) is 0.898. The lowest BCUT2D eigenvalue weighted by Gasteiger charge is -2.09. The molecule has 2 N–H and O–H groups in total. The van der Waals surface area contributed by atoms with Gasteiger partial charge in [-0.1, -0.05) is 17.7 Å². The van der Waals surface area contributed by atoms with E-state index in [9.17, 15) is 8.42 Å². The molecular formula is C10H10ClN3O2S. The molecule has 1 heterocycles. The lowest BCUT2D eigenvalue weighted by atomic mass is 10.2. The van der Waals surface area contributed by atoms with Crippen molar-refractivity contribution in [3.05, 3.63) is 41.2 Å². The number of anilines is 1. The molecule has 0 aliphatic heterocycles. The van der Waals surface area contributed by atoms with Crippen molar-refractivity contribution in [3.8, 4) is 0 Å². The van der Waals surface area contributed by atoms with E-state index in [1.807, 2.05) is 0 Å². The van der Waals surface area contributed by atoms with Crippen molar-refractivity contribution in [2.45, 2.75) is 11.8 Å². The maximum atomic E-state index is 12.0. The molecule has 0 aliphatic rings. The number of benzene rings is 1. The summed E-state index contributed by atoms with van der Waals surface area (Å²) in [5.74, 6) is 0.171. The van der Waals surface area contributed by atoms with Crippen LogP contribution in [0.1, 0.15) is 5.56 Å². The highest BCUT2D eigenvalue weighted by Gasteiger charge is 2.18. The molecule has 1 aromatic heterocycles. The van der Waals surface area contributed by atoms with Crippen LogP contribution in [0.2, 0.25) is 5.02 Å². The van der Waals surface area contributed by atoms with E-state index in [0.717, 1.165) is 0 Å². The van der Waals surface area contributed by atoms with Gasteiger partial charge < -0.3 is 4.98 Å². The number of nitrogens with one attached hydrogen (secondary N) is 2. The minimum absolute atomic E-state index is 0.140. The largest absolute Gasteiger partial charge is 0.330 e. The van der Waals surface area contributed by atoms with Gasteiger partial charge in [-0.05, 0) is 24.6 Å². The Balaban J connectivity index is 2.42. The average Bonchev–Trinajstić information content (AvgIpc) is 2.73. The fourth-order valence-corrected chi connectivity index (χ4v) is 2.86. The smallest absolute Gasteiger partial charge is 0.264 e. The SMILES string of the molecule is Cc1c(Cl)cccc1S(=O)(=O)Nc1ncc[nH]1. The highest BCUT2D eigenvalue weighted by atomic mass is 35.5. The summed E-state index contributed by atoms with van der Waals surface area (Å²) in [5.41, 5.74) is 0.508. The van der Waals surface area contributed by atoms with E-state index in [-0.39, 0.29) is 10.8 Å². The molecule has 7 heteroatoms. The number of hydrogen-bond donors (Lipinski definition) is 2. The molecule has 0 unspecified atom stereocenters. The number of H-pyrrole nitrogens is 1. The van der Waals surface area contributed by atoms with Gasteiger partial charge in [0.25, 0.3) is 10.0 Å². The first-order valence-corrected chi connectivity index (χ1v) is 6.64. The number of hydrogen-bond acceptors (Lipinski definition) is 3. The minimum atomic E-state index is -3.66. The first-order chi connectivity index (χ1) is 8.00. The van der Waals surface area contributed by atoms with Gasteiger partial charge in [-0.2, -0.15) is 0 Å². The molecule has 0 atom stereocenters. The maximum absolute atomic E-state index is 12.0. The monoisotopic (exact) mass is 271 g/mol. The zero-order chi connectivity index (χ0) is 12.5. The first-order valence-electron chi connectivity index (χ1n) is 4.78. The Labute approximate surface area is 104 Å². The molecule has 1 aromatic carbocycles. The summed E-state index contributed by atoms with van der Waals surface area (Å²) in [4.78, 5) is 6.60. The van der Waals surface area contributed by atoms with Crippen LogP contribution in [0.5, 0.6) is 0 Å². The third kappa shape index (κ3) is 2.42. The predicted octanol–water partition coefficient (Wildman–Crippen LogP) is 2.17. The molecule has 17 heavy (non-hydrogen) atoms. The molecule has 0 saturated carbocycles. The predicted molar refractivity (Wildman–Crippen MR) is 65.6 cm³/mol. The van der Waals surface area contributed by atoms with Crippen LogP contribution in [-0.4, -0.2) is 18.4 Å². The van der Waals surface area contributed by atoms with Crippen LogP contribution in [0.25, 0.3) is 0 Å². The fourth-order valence-electron chi connectivity index (χ4n) is 1.38. The number of nitrogens with zero attached hydrogens (tertiary/aromatic N) is 1. The molecule has 0 saturated heterocycles. The maximum Gasteiger partial charge on any atom is 0.264 e. The molecule has 0 bridgehead atoms. The Morgan fingerprint density at radius 1 is 1.41 bits per heavy atom. The van der Waals surface area contributed by atoms with Gasteiger partial charge in [0.15, 0.2) is 0 Å². The van der Waals surface area contributed by atoms with Gasteiger partial charge in [-0.3, -0.25) is 0 Å². The zero-order valence-electron chi connectivity index (χ0n) is 8.94. The molecule has 0 radical (unpaired) electrons. The Bertz CT molecular complexity index is 623. The highest BCUT2D eigenvalue weighted by Crippen LogP contribution is 2.23. The summed E-state index contributed by atoms with van der Waals surface area (Å²) >= 11 is 5.89. The van der Waals surface area contributed by atoms with Crippen LogP contribution in [0, 0.1) is 6.92 Å². The molecule has 2 rings (SSSR count). The Kier molecular flexibility index (Phi) is 3.08. The summed E-state index contributed by atoms with van der Waals surface area (Å²) in [6.07, 6.45) is 2.99. The molecular weight excluding hydrogens is 262 g/mol. The average molecular weight is 272 g/mol. The Hall–Kier alpha value is -1.53. The third-order valence-electron chi connectivity index (χ3n) is 2.24. The zero-order valence-corrected chi connectivity index (χ0v) is 10.5. The van der Waals surface area contributed by atoms with Crippen molar-refractivity contribution in [2.75, 3.05) is 4.72 Å². The van der Waals surface area contributed by atoms with E-state index in [1.165, 1.54) is 18.5 Å². The standard InChI is InChI=1S/C10H10ClN3O2S/c1-7-8(11)3-2-4-9(7)17(15,16)14-10-12-5-6-13-10/h2-6H,1H3,(H2,12,13,14). The summed E-state index contributed by atoms with van der Waals surface area (Å²) in [5, 5.41) is 0.410. The van der Waals surface area contributed by atoms with E-state index >= 15 is 0 Å². The summed E-state index contributed by atoms with van der Waals surface area (Å²) in [6, 6.07) is 4.72. The van der Waals surface area contributed by atoms with Gasteiger partial charge in [0.1, 0.15) is 0 Å². The van der Waals surface area contributed by atoms with Crippen molar-refractivity contribution in [2.24, 2.45) is 0 Å². The molecule has 5 nitrogen and oxygen atoms in total. The Morgan fingerprint density at radius 2 is 2.18 bits per heavy atom. The van der Waals surface area contributed by atoms with Crippen molar-refractivity contribution < 1.29 is 8.42 Å². The van der Waals surface area contributed by atoms with E-state index in [2.05, 4.69) is 14.7 Å². The molecule has 0 fully saturated rings. The lowest BCUT2D eigenvalue weighted by Crippen LogP contribution is -2.15. The normalized spacial score (nSPS) is 11.4. The van der Waals surface area contributed by atoms with Gasteiger partial charge in [0.05, 0.1) is 4.90 Å². The number of imidazole rings is 1. The number of halogens is 1. The number of aromatic nitrogens is 2. The summed E-state index contributed by atoms with van der Waals surface area (Å²) in [6.45, 7) is 1.65. The second-order valence-corrected chi connectivity index (χ2v) is 5.46. The van der Waals surface area contributed by atoms with Crippen LogP contribution in [-0.2, 0) is 10.0 Å². The van der Waals surface area contributed by atoms with E-state index in [4.69, 9.17) is 11.6 Å². The van der Waals surface area contributed by atoms with Crippen LogP contribution in [0.3, 0.4) is 0 Å². The molecule has 90 valence electrons. The highest BCUT2D eigenvalue weighted by molar-refractivity contribution is 7.92. The topological polar surface area (TPSA) is 74.8 Å². The molecule has 0 spiro atoms. The van der Waals surface area contributed by atoms with Crippen molar-refractivity contribution in [1.29, 1.82) is 0 Å². The number of aromatic amines is 1. The van der Waals surface area contributed by atoms with E-state index < -0.39 is 10.0 Å². The number of rotatable bonds is 3. The van der Waals surface area contributed by atoms with Crippen LogP contribution < -0.4 is 4.72 Å². The second kappa shape index (κ2) is 4.38. The van der Waals surface area contributed by atoms with E-state index in [1.54, 1.807) is 19.1 Å². The fraction of sp³-hybridized carbons (Fsp3) is 0.100. The third-order valence-corrected chi connectivity index (χ3v) is 4.13.